The van der Waals surface area contributed by atoms with E-state index in [1.54, 1.807) is 12.1 Å². The Morgan fingerprint density at radius 3 is 2.55 bits per heavy atom. The Balaban J connectivity index is 1.46. The number of carbonyl (C=O) groups excluding carboxylic acids is 1. The average molecular weight is 549 g/mol. The van der Waals surface area contributed by atoms with Crippen LogP contribution in [0.4, 0.5) is 4.39 Å². The van der Waals surface area contributed by atoms with Crippen LogP contribution >= 0.6 is 0 Å². The van der Waals surface area contributed by atoms with E-state index in [0.717, 1.165) is 24.8 Å². The molecule has 0 bridgehead atoms. The third kappa shape index (κ3) is 6.25. The van der Waals surface area contributed by atoms with Crippen molar-refractivity contribution in [2.24, 2.45) is 0 Å². The van der Waals surface area contributed by atoms with Gasteiger partial charge in [0.25, 0.3) is 0 Å². The summed E-state index contributed by atoms with van der Waals surface area (Å²) in [6, 6.07) is 14.3. The van der Waals surface area contributed by atoms with Crippen molar-refractivity contribution in [2.75, 3.05) is 13.7 Å². The number of carbonyl (C=O) groups is 1. The quantitative estimate of drug-likeness (QED) is 0.223. The maximum Gasteiger partial charge on any atom is 0.332 e. The highest BCUT2D eigenvalue weighted by Crippen LogP contribution is 2.44. The first-order valence-corrected chi connectivity index (χ1v) is 13.4. The smallest absolute Gasteiger partial charge is 0.332 e. The van der Waals surface area contributed by atoms with Gasteiger partial charge in [-0.05, 0) is 57.7 Å². The highest BCUT2D eigenvalue weighted by Gasteiger charge is 2.29. The van der Waals surface area contributed by atoms with E-state index >= 15 is 0 Å². The van der Waals surface area contributed by atoms with Crippen LogP contribution in [-0.4, -0.2) is 47.5 Å². The molecular weight excluding hydrogens is 515 g/mol. The fraction of sp³-hybridized carbons (Fsp3) is 0.387. The Morgan fingerprint density at radius 1 is 1.05 bits per heavy atom. The molecule has 9 heteroatoms. The van der Waals surface area contributed by atoms with E-state index in [-0.39, 0.29) is 24.6 Å². The van der Waals surface area contributed by atoms with Gasteiger partial charge in [-0.3, -0.25) is 0 Å². The topological polar surface area (TPSA) is 92.9 Å². The lowest BCUT2D eigenvalue weighted by atomic mass is 9.94. The molecule has 40 heavy (non-hydrogen) atoms. The van der Waals surface area contributed by atoms with Crippen molar-refractivity contribution in [3.05, 3.63) is 60.7 Å². The third-order valence-corrected chi connectivity index (χ3v) is 6.64. The van der Waals surface area contributed by atoms with Crippen LogP contribution in [0.25, 0.3) is 33.6 Å². The maximum absolute atomic E-state index is 14.8. The fourth-order valence-electron chi connectivity index (χ4n) is 4.96. The van der Waals surface area contributed by atoms with Gasteiger partial charge in [-0.1, -0.05) is 36.4 Å². The number of fused-ring (bicyclic) bond motifs is 1. The van der Waals surface area contributed by atoms with E-state index in [1.807, 2.05) is 51.1 Å². The van der Waals surface area contributed by atoms with Gasteiger partial charge in [-0.25, -0.2) is 19.2 Å². The van der Waals surface area contributed by atoms with Gasteiger partial charge >= 0.3 is 5.97 Å². The summed E-state index contributed by atoms with van der Waals surface area (Å²) in [6.07, 6.45) is 4.12. The van der Waals surface area contributed by atoms with Gasteiger partial charge in [-0.15, -0.1) is 0 Å². The Labute approximate surface area is 232 Å². The summed E-state index contributed by atoms with van der Waals surface area (Å²) in [5.41, 5.74) is 1.80. The molecule has 0 spiro atoms. The summed E-state index contributed by atoms with van der Waals surface area (Å²) < 4.78 is 43.9. The molecule has 0 aliphatic heterocycles. The van der Waals surface area contributed by atoms with Crippen molar-refractivity contribution in [3.63, 3.8) is 0 Å². The molecule has 1 saturated carbocycles. The number of esters is 1. The molecule has 2 atom stereocenters. The third-order valence-electron chi connectivity index (χ3n) is 6.64. The van der Waals surface area contributed by atoms with Crippen molar-refractivity contribution >= 4 is 17.1 Å². The number of aromatic nitrogens is 2. The Morgan fingerprint density at radius 2 is 1.82 bits per heavy atom. The van der Waals surface area contributed by atoms with Crippen LogP contribution in [0.15, 0.2) is 59.3 Å². The summed E-state index contributed by atoms with van der Waals surface area (Å²) in [7, 11) is 1.43. The summed E-state index contributed by atoms with van der Waals surface area (Å²) >= 11 is 0. The number of benzene rings is 2. The van der Waals surface area contributed by atoms with Crippen LogP contribution in [0.2, 0.25) is 0 Å². The minimum absolute atomic E-state index is 0.109. The molecule has 2 heterocycles. The van der Waals surface area contributed by atoms with Crippen molar-refractivity contribution < 1.29 is 32.5 Å². The van der Waals surface area contributed by atoms with Crippen molar-refractivity contribution in [2.45, 2.75) is 64.3 Å². The lowest BCUT2D eigenvalue weighted by Gasteiger charge is -2.29. The summed E-state index contributed by atoms with van der Waals surface area (Å²) in [6.45, 7) is 5.37. The predicted octanol–water partition coefficient (Wildman–Crippen LogP) is 6.75. The zero-order chi connectivity index (χ0) is 28.3. The van der Waals surface area contributed by atoms with Gasteiger partial charge in [-0.2, -0.15) is 0 Å². The first-order chi connectivity index (χ1) is 19.2. The van der Waals surface area contributed by atoms with Gasteiger partial charge in [0.1, 0.15) is 35.8 Å². The van der Waals surface area contributed by atoms with E-state index in [4.69, 9.17) is 23.4 Å². The molecule has 1 fully saturated rings. The van der Waals surface area contributed by atoms with E-state index in [1.165, 1.54) is 19.5 Å². The second kappa shape index (κ2) is 11.6. The molecule has 1 aliphatic carbocycles. The number of rotatable bonds is 8. The van der Waals surface area contributed by atoms with Crippen molar-refractivity contribution in [1.29, 1.82) is 0 Å². The summed E-state index contributed by atoms with van der Waals surface area (Å²) in [5, 5.41) is 0.558. The lowest BCUT2D eigenvalue weighted by molar-refractivity contribution is -0.163. The molecule has 0 saturated heterocycles. The Kier molecular flexibility index (Phi) is 8.02. The second-order valence-electron chi connectivity index (χ2n) is 10.8. The highest BCUT2D eigenvalue weighted by atomic mass is 19.1. The lowest BCUT2D eigenvalue weighted by Crippen LogP contribution is -2.33. The molecule has 4 aromatic rings. The first kappa shape index (κ1) is 27.6. The molecule has 1 aliphatic rings. The zero-order valence-corrected chi connectivity index (χ0v) is 23.1. The van der Waals surface area contributed by atoms with Crippen LogP contribution in [0.3, 0.4) is 0 Å². The van der Waals surface area contributed by atoms with Gasteiger partial charge in [0.05, 0.1) is 13.2 Å². The molecule has 8 nitrogen and oxygen atoms in total. The minimum Gasteiger partial charge on any atom is -0.494 e. The van der Waals surface area contributed by atoms with E-state index in [2.05, 4.69) is 9.97 Å². The average Bonchev–Trinajstić information content (AvgIpc) is 3.32. The number of ether oxygens (including phenoxy) is 4. The van der Waals surface area contributed by atoms with Crippen molar-refractivity contribution in [1.82, 2.24) is 9.97 Å². The number of methoxy groups -OCH3 is 1. The van der Waals surface area contributed by atoms with Gasteiger partial charge < -0.3 is 23.4 Å². The van der Waals surface area contributed by atoms with Crippen LogP contribution < -0.4 is 9.47 Å². The molecule has 0 N–H and O–H groups in total. The Bertz CT molecular complexity index is 1480. The molecule has 210 valence electrons. The summed E-state index contributed by atoms with van der Waals surface area (Å²) in [5.74, 6) is 0.138. The Hall–Kier alpha value is -3.98. The largest absolute Gasteiger partial charge is 0.494 e. The van der Waals surface area contributed by atoms with Gasteiger partial charge in [0.15, 0.2) is 11.6 Å². The number of nitrogens with zero attached hydrogens (tertiary/aromatic N) is 2. The van der Waals surface area contributed by atoms with Crippen LogP contribution in [-0.2, 0) is 14.3 Å². The molecule has 0 unspecified atom stereocenters. The molecular formula is C31H33FN2O6. The maximum atomic E-state index is 14.8. The van der Waals surface area contributed by atoms with E-state index in [9.17, 15) is 9.18 Å². The number of halogens is 1. The fourth-order valence-corrected chi connectivity index (χ4v) is 4.96. The number of hydrogen-bond donors (Lipinski definition) is 0. The molecule has 0 radical (unpaired) electrons. The second-order valence-corrected chi connectivity index (χ2v) is 10.8. The zero-order valence-electron chi connectivity index (χ0n) is 23.1. The standard InChI is InChI=1S/C31H33FN2O6/c1-31(2,3)40-25(35)17-37-21-11-8-12-22(16-21)38-29-27-26(20-13-14-24(36-4)23(32)15-20)28(19-9-6-5-7-10-19)39-30(27)34-18-33-29/h5-7,9-10,13-15,18,21-22H,8,11-12,16-17H2,1-4H3/t21-,22+/m1/s1. The molecule has 0 amide bonds. The summed E-state index contributed by atoms with van der Waals surface area (Å²) in [4.78, 5) is 21.0. The number of furan rings is 1. The van der Waals surface area contributed by atoms with Gasteiger partial charge in [0, 0.05) is 17.5 Å². The molecule has 5 rings (SSSR count). The molecule has 2 aromatic heterocycles. The van der Waals surface area contributed by atoms with Crippen LogP contribution in [0, 0.1) is 5.82 Å². The monoisotopic (exact) mass is 548 g/mol. The number of hydrogen-bond acceptors (Lipinski definition) is 8. The highest BCUT2D eigenvalue weighted by molar-refractivity contribution is 6.03. The SMILES string of the molecule is COc1ccc(-c2c(-c3ccccc3)oc3ncnc(O[C@H]4CCC[C@@H](OCC(=O)OC(C)(C)C)C4)c23)cc1F. The van der Waals surface area contributed by atoms with Crippen LogP contribution in [0.1, 0.15) is 46.5 Å². The van der Waals surface area contributed by atoms with E-state index in [0.29, 0.717) is 40.3 Å². The predicted molar refractivity (Wildman–Crippen MR) is 148 cm³/mol. The van der Waals surface area contributed by atoms with Crippen molar-refractivity contribution in [3.8, 4) is 34.1 Å². The molecule has 2 aromatic carbocycles. The normalized spacial score (nSPS) is 17.5. The van der Waals surface area contributed by atoms with E-state index < -0.39 is 17.4 Å². The first-order valence-electron chi connectivity index (χ1n) is 13.4. The van der Waals surface area contributed by atoms with Crippen LogP contribution in [0.5, 0.6) is 11.6 Å². The van der Waals surface area contributed by atoms with Gasteiger partial charge in [0.2, 0.25) is 11.6 Å². The minimum atomic E-state index is -0.565.